The van der Waals surface area contributed by atoms with Crippen molar-refractivity contribution >= 4 is 17.3 Å². The Morgan fingerprint density at radius 3 is 2.76 bits per heavy atom. The molecule has 1 N–H and O–H groups in total. The van der Waals surface area contributed by atoms with E-state index in [9.17, 15) is 5.26 Å². The molecule has 3 aromatic rings. The normalized spacial score (nSPS) is 18.6. The third-order valence-corrected chi connectivity index (χ3v) is 7.25. The Labute approximate surface area is 199 Å². The van der Waals surface area contributed by atoms with Crippen LogP contribution >= 0.6 is 11.6 Å². The van der Waals surface area contributed by atoms with Crippen LogP contribution in [-0.2, 0) is 6.42 Å². The molecule has 3 heterocycles. The summed E-state index contributed by atoms with van der Waals surface area (Å²) in [5.74, 6) is 1.38. The van der Waals surface area contributed by atoms with Gasteiger partial charge in [0, 0.05) is 41.7 Å². The highest BCUT2D eigenvalue weighted by Gasteiger charge is 2.27. The summed E-state index contributed by atoms with van der Waals surface area (Å²) in [7, 11) is 2.13. The van der Waals surface area contributed by atoms with Gasteiger partial charge in [-0.25, -0.2) is 0 Å². The molecule has 6 nitrogen and oxygen atoms in total. The molecule has 1 unspecified atom stereocenters. The summed E-state index contributed by atoms with van der Waals surface area (Å²) in [6, 6.07) is 12.5. The number of benzene rings is 2. The average Bonchev–Trinajstić information content (AvgIpc) is 3.33. The molecule has 1 atom stereocenters. The zero-order valence-electron chi connectivity index (χ0n) is 19.0. The number of ether oxygens (including phenoxy) is 1. The number of nitrogens with one attached hydrogen (secondary N) is 1. The van der Waals surface area contributed by atoms with Gasteiger partial charge in [0.1, 0.15) is 11.5 Å². The number of aromatic nitrogens is 2. The predicted octanol–water partition coefficient (Wildman–Crippen LogP) is 5.56. The molecule has 2 aromatic carbocycles. The van der Waals surface area contributed by atoms with E-state index in [1.807, 2.05) is 6.20 Å². The number of anilines is 1. The molecule has 1 aromatic heterocycles. The number of halogens is 1. The van der Waals surface area contributed by atoms with Crippen LogP contribution in [0.5, 0.6) is 11.5 Å². The molecule has 0 spiro atoms. The van der Waals surface area contributed by atoms with E-state index < -0.39 is 0 Å². The zero-order chi connectivity index (χ0) is 22.9. The second kappa shape index (κ2) is 9.09. The number of rotatable bonds is 4. The first kappa shape index (κ1) is 21.8. The van der Waals surface area contributed by atoms with Crippen LogP contribution in [0.15, 0.2) is 42.7 Å². The quantitative estimate of drug-likeness (QED) is 0.550. The van der Waals surface area contributed by atoms with Crippen molar-refractivity contribution in [2.45, 2.75) is 44.7 Å². The third kappa shape index (κ3) is 4.19. The first-order chi connectivity index (χ1) is 16.0. The molecular formula is C26H28ClN5O. The van der Waals surface area contributed by atoms with Gasteiger partial charge in [-0.2, -0.15) is 10.4 Å². The van der Waals surface area contributed by atoms with Crippen molar-refractivity contribution in [3.05, 3.63) is 58.9 Å². The van der Waals surface area contributed by atoms with Crippen molar-refractivity contribution < 1.29 is 4.74 Å². The van der Waals surface area contributed by atoms with E-state index in [0.29, 0.717) is 28.4 Å². The minimum atomic E-state index is 0.418. The fourth-order valence-electron chi connectivity index (χ4n) is 4.83. The molecular weight excluding hydrogens is 434 g/mol. The number of hydrogen-bond acceptors (Lipinski definition) is 5. The minimum Gasteiger partial charge on any atom is -0.455 e. The number of nitriles is 1. The highest BCUT2D eigenvalue weighted by molar-refractivity contribution is 6.32. The standard InChI is InChI=1S/C26H28ClN5O/c1-17-3-5-22-24(31(17)2)7-6-21(19-15-30-32(16-19)20-9-11-29-12-10-20)26(22)33-25-8-4-18(14-28)13-23(25)27/h4,6-8,13,15-17,20,29H,3,5,9-12H2,1-2H3. The van der Waals surface area contributed by atoms with Crippen LogP contribution in [-0.4, -0.2) is 36.0 Å². The topological polar surface area (TPSA) is 66.1 Å². The number of hydrogen-bond donors (Lipinski definition) is 1. The number of fused-ring (bicyclic) bond motifs is 1. The summed E-state index contributed by atoms with van der Waals surface area (Å²) in [5, 5.41) is 17.7. The second-order valence-corrected chi connectivity index (χ2v) is 9.39. The van der Waals surface area contributed by atoms with Gasteiger partial charge >= 0.3 is 0 Å². The predicted molar refractivity (Wildman–Crippen MR) is 131 cm³/mol. The van der Waals surface area contributed by atoms with Crippen LogP contribution in [0.1, 0.15) is 43.4 Å². The summed E-state index contributed by atoms with van der Waals surface area (Å²) < 4.78 is 8.62. The van der Waals surface area contributed by atoms with Gasteiger partial charge in [-0.05, 0) is 76.0 Å². The van der Waals surface area contributed by atoms with Crippen LogP contribution in [0.2, 0.25) is 5.02 Å². The van der Waals surface area contributed by atoms with E-state index >= 15 is 0 Å². The highest BCUT2D eigenvalue weighted by Crippen LogP contribution is 2.45. The maximum Gasteiger partial charge on any atom is 0.146 e. The van der Waals surface area contributed by atoms with E-state index in [0.717, 1.165) is 55.6 Å². The van der Waals surface area contributed by atoms with Crippen LogP contribution in [0.4, 0.5) is 5.69 Å². The smallest absolute Gasteiger partial charge is 0.146 e. The maximum absolute atomic E-state index is 9.19. The number of nitrogens with zero attached hydrogens (tertiary/aromatic N) is 4. The van der Waals surface area contributed by atoms with Crippen LogP contribution in [0.3, 0.4) is 0 Å². The lowest BCUT2D eigenvalue weighted by Crippen LogP contribution is -2.33. The van der Waals surface area contributed by atoms with Gasteiger partial charge < -0.3 is 15.0 Å². The molecule has 2 aliphatic heterocycles. The van der Waals surface area contributed by atoms with Crippen molar-refractivity contribution in [1.82, 2.24) is 15.1 Å². The first-order valence-corrected chi connectivity index (χ1v) is 11.9. The monoisotopic (exact) mass is 461 g/mol. The van der Waals surface area contributed by atoms with Gasteiger partial charge in [0.2, 0.25) is 0 Å². The summed E-state index contributed by atoms with van der Waals surface area (Å²) in [4.78, 5) is 2.31. The fourth-order valence-corrected chi connectivity index (χ4v) is 5.05. The van der Waals surface area contributed by atoms with Crippen molar-refractivity contribution in [2.75, 3.05) is 25.0 Å². The van der Waals surface area contributed by atoms with E-state index in [1.165, 1.54) is 11.3 Å². The molecule has 0 amide bonds. The Bertz CT molecular complexity index is 1210. The molecule has 2 aliphatic rings. The lowest BCUT2D eigenvalue weighted by molar-refractivity contribution is 0.343. The maximum atomic E-state index is 9.19. The molecule has 0 saturated carbocycles. The molecule has 0 aliphatic carbocycles. The zero-order valence-corrected chi connectivity index (χ0v) is 19.8. The van der Waals surface area contributed by atoms with Gasteiger partial charge in [-0.3, -0.25) is 4.68 Å². The highest BCUT2D eigenvalue weighted by atomic mass is 35.5. The van der Waals surface area contributed by atoms with Gasteiger partial charge in [0.15, 0.2) is 0 Å². The largest absolute Gasteiger partial charge is 0.455 e. The Kier molecular flexibility index (Phi) is 6.01. The summed E-state index contributed by atoms with van der Waals surface area (Å²) in [6.45, 7) is 4.29. The van der Waals surface area contributed by atoms with Crippen molar-refractivity contribution in [2.24, 2.45) is 0 Å². The summed E-state index contributed by atoms with van der Waals surface area (Å²) >= 11 is 6.49. The van der Waals surface area contributed by atoms with E-state index in [4.69, 9.17) is 21.4 Å². The van der Waals surface area contributed by atoms with Crippen LogP contribution in [0.25, 0.3) is 11.1 Å². The minimum absolute atomic E-state index is 0.418. The Hall–Kier alpha value is -3.01. The van der Waals surface area contributed by atoms with E-state index in [-0.39, 0.29) is 0 Å². The summed E-state index contributed by atoms with van der Waals surface area (Å²) in [6.07, 6.45) is 8.22. The Balaban J connectivity index is 1.58. The molecule has 33 heavy (non-hydrogen) atoms. The molecule has 1 saturated heterocycles. The van der Waals surface area contributed by atoms with Crippen molar-refractivity contribution in [3.63, 3.8) is 0 Å². The average molecular weight is 462 g/mol. The summed E-state index contributed by atoms with van der Waals surface area (Å²) in [5.41, 5.74) is 4.93. The van der Waals surface area contributed by atoms with E-state index in [2.05, 4.69) is 53.3 Å². The molecule has 170 valence electrons. The van der Waals surface area contributed by atoms with Crippen LogP contribution < -0.4 is 15.0 Å². The van der Waals surface area contributed by atoms with E-state index in [1.54, 1.807) is 18.2 Å². The second-order valence-electron chi connectivity index (χ2n) is 8.99. The van der Waals surface area contributed by atoms with Gasteiger partial charge in [-0.15, -0.1) is 0 Å². The SMILES string of the molecule is CC1CCc2c(ccc(-c3cnn(C4CCNCC4)c3)c2Oc2ccc(C#N)cc2Cl)N1C. The Morgan fingerprint density at radius 1 is 1.18 bits per heavy atom. The lowest BCUT2D eigenvalue weighted by atomic mass is 9.92. The fraction of sp³-hybridized carbons (Fsp3) is 0.385. The Morgan fingerprint density at radius 2 is 2.00 bits per heavy atom. The number of piperidine rings is 1. The molecule has 5 rings (SSSR count). The van der Waals surface area contributed by atoms with Gasteiger partial charge in [0.25, 0.3) is 0 Å². The van der Waals surface area contributed by atoms with Gasteiger partial charge in [-0.1, -0.05) is 11.6 Å². The van der Waals surface area contributed by atoms with Crippen molar-refractivity contribution in [3.8, 4) is 28.7 Å². The van der Waals surface area contributed by atoms with Crippen LogP contribution in [0, 0.1) is 11.3 Å². The lowest BCUT2D eigenvalue weighted by Gasteiger charge is -2.35. The molecule has 1 fully saturated rings. The molecule has 0 bridgehead atoms. The third-order valence-electron chi connectivity index (χ3n) is 6.96. The van der Waals surface area contributed by atoms with Gasteiger partial charge in [0.05, 0.1) is 28.9 Å². The first-order valence-electron chi connectivity index (χ1n) is 11.6. The molecule has 0 radical (unpaired) electrons. The molecule has 7 heteroatoms. The van der Waals surface area contributed by atoms with Crippen molar-refractivity contribution in [1.29, 1.82) is 5.26 Å².